The Morgan fingerprint density at radius 1 is 1.32 bits per heavy atom. The van der Waals surface area contributed by atoms with Gasteiger partial charge < -0.3 is 15.3 Å². The summed E-state index contributed by atoms with van der Waals surface area (Å²) in [5.74, 6) is -0.473. The Kier molecular flexibility index (Phi) is 6.75. The molecule has 1 aromatic carbocycles. The third kappa shape index (κ3) is 4.74. The van der Waals surface area contributed by atoms with Crippen LogP contribution in [-0.4, -0.2) is 34.0 Å². The maximum atomic E-state index is 10.6. The van der Waals surface area contributed by atoms with Crippen LogP contribution < -0.4 is 5.48 Å². The summed E-state index contributed by atoms with van der Waals surface area (Å²) in [6.45, 7) is 4.42. The van der Waals surface area contributed by atoms with Crippen molar-refractivity contribution in [2.75, 3.05) is 6.61 Å². The third-order valence-corrected chi connectivity index (χ3v) is 6.06. The summed E-state index contributed by atoms with van der Waals surface area (Å²) in [6.07, 6.45) is 2.71. The molecule has 1 fully saturated rings. The summed E-state index contributed by atoms with van der Waals surface area (Å²) < 4.78 is 0. The minimum Gasteiger partial charge on any atom is -0.481 e. The molecule has 0 radical (unpaired) electrons. The minimum absolute atomic E-state index is 0.0970. The van der Waals surface area contributed by atoms with Gasteiger partial charge in [-0.25, -0.2) is 0 Å². The first-order valence-corrected chi connectivity index (χ1v) is 10.1. The molecular weight excluding hydrogens is 358 g/mol. The van der Waals surface area contributed by atoms with E-state index in [1.165, 1.54) is 11.1 Å². The lowest BCUT2D eigenvalue weighted by Crippen LogP contribution is -2.32. The highest BCUT2D eigenvalue weighted by Gasteiger charge is 2.45. The van der Waals surface area contributed by atoms with E-state index in [9.17, 15) is 15.0 Å². The molecule has 3 rings (SSSR count). The first-order chi connectivity index (χ1) is 13.4. The molecule has 0 aliphatic heterocycles. The molecule has 0 heterocycles. The number of carboxylic acid groups (broad SMARTS) is 1. The van der Waals surface area contributed by atoms with Crippen LogP contribution in [0.15, 0.2) is 29.5 Å². The predicted octanol–water partition coefficient (Wildman–Crippen LogP) is 3.16. The smallest absolute Gasteiger partial charge is 0.303 e. The summed E-state index contributed by atoms with van der Waals surface area (Å²) in [5.41, 5.74) is 8.44. The number of hydrogen-bond donors (Lipinski definition) is 4. The van der Waals surface area contributed by atoms with E-state index in [0.29, 0.717) is 19.4 Å². The van der Waals surface area contributed by atoms with Gasteiger partial charge in [0.05, 0.1) is 18.8 Å². The Morgan fingerprint density at radius 3 is 2.82 bits per heavy atom. The molecule has 0 bridgehead atoms. The van der Waals surface area contributed by atoms with Gasteiger partial charge in [-0.2, -0.15) is 0 Å². The van der Waals surface area contributed by atoms with E-state index in [4.69, 9.17) is 9.94 Å². The molecular formula is C22H31NO5. The van der Waals surface area contributed by atoms with Crippen LogP contribution >= 0.6 is 0 Å². The first kappa shape index (κ1) is 20.8. The first-order valence-electron chi connectivity index (χ1n) is 10.1. The van der Waals surface area contributed by atoms with Crippen molar-refractivity contribution < 1.29 is 25.0 Å². The number of carboxylic acids is 1. The number of aliphatic hydroxyl groups is 2. The molecule has 0 amide bonds. The van der Waals surface area contributed by atoms with E-state index >= 15 is 0 Å². The molecule has 1 aromatic rings. The number of aryl methyl sites for hydroxylation is 2. The highest BCUT2D eigenvalue weighted by atomic mass is 16.6. The topological polar surface area (TPSA) is 99.0 Å². The maximum Gasteiger partial charge on any atom is 0.303 e. The van der Waals surface area contributed by atoms with Gasteiger partial charge in [-0.1, -0.05) is 23.8 Å². The summed E-state index contributed by atoms with van der Waals surface area (Å²) in [4.78, 5) is 15.8. The number of rotatable bonds is 10. The van der Waals surface area contributed by atoms with Gasteiger partial charge in [0.1, 0.15) is 0 Å². The highest BCUT2D eigenvalue weighted by molar-refractivity contribution is 5.66. The van der Waals surface area contributed by atoms with Crippen LogP contribution in [0.3, 0.4) is 0 Å². The quantitative estimate of drug-likeness (QED) is 0.362. The molecule has 2 aliphatic carbocycles. The van der Waals surface area contributed by atoms with Gasteiger partial charge in [0, 0.05) is 18.0 Å². The van der Waals surface area contributed by atoms with E-state index in [1.807, 2.05) is 26.0 Å². The molecule has 0 aromatic heterocycles. The predicted molar refractivity (Wildman–Crippen MR) is 105 cm³/mol. The molecule has 0 spiro atoms. The molecule has 154 valence electrons. The van der Waals surface area contributed by atoms with Gasteiger partial charge in [-0.3, -0.25) is 15.1 Å². The van der Waals surface area contributed by atoms with Crippen molar-refractivity contribution in [1.82, 2.24) is 5.48 Å². The van der Waals surface area contributed by atoms with Crippen LogP contribution in [0.2, 0.25) is 0 Å². The summed E-state index contributed by atoms with van der Waals surface area (Å²) in [7, 11) is 0. The van der Waals surface area contributed by atoms with E-state index in [0.717, 1.165) is 36.1 Å². The number of allylic oxidation sites excluding steroid dienone is 1. The second-order valence-electron chi connectivity index (χ2n) is 8.17. The summed E-state index contributed by atoms with van der Waals surface area (Å²) >= 11 is 0. The Labute approximate surface area is 166 Å². The lowest BCUT2D eigenvalue weighted by Gasteiger charge is -2.30. The Hall–Kier alpha value is -1.89. The number of aliphatic hydroxyl groups excluding tert-OH is 2. The lowest BCUT2D eigenvalue weighted by molar-refractivity contribution is -0.137. The van der Waals surface area contributed by atoms with Crippen molar-refractivity contribution >= 4 is 5.97 Å². The fourth-order valence-electron chi connectivity index (χ4n) is 4.44. The van der Waals surface area contributed by atoms with Crippen LogP contribution in [0.5, 0.6) is 0 Å². The second kappa shape index (κ2) is 9.07. The lowest BCUT2D eigenvalue weighted by atomic mass is 9.83. The molecule has 6 nitrogen and oxygen atoms in total. The fraction of sp³-hybridized carbons (Fsp3) is 0.591. The summed E-state index contributed by atoms with van der Waals surface area (Å²) in [5, 5.41) is 29.8. The zero-order chi connectivity index (χ0) is 20.3. The van der Waals surface area contributed by atoms with E-state index < -0.39 is 12.1 Å². The number of nitrogens with one attached hydrogen (secondary N) is 1. The van der Waals surface area contributed by atoms with Crippen LogP contribution in [0.4, 0.5) is 0 Å². The largest absolute Gasteiger partial charge is 0.481 e. The Morgan fingerprint density at radius 2 is 2.11 bits per heavy atom. The van der Waals surface area contributed by atoms with Crippen molar-refractivity contribution in [1.29, 1.82) is 0 Å². The number of hydrogen-bond acceptors (Lipinski definition) is 5. The molecule has 28 heavy (non-hydrogen) atoms. The maximum absolute atomic E-state index is 10.6. The van der Waals surface area contributed by atoms with E-state index in [1.54, 1.807) is 0 Å². The number of aliphatic carboxylic acids is 1. The van der Waals surface area contributed by atoms with Crippen molar-refractivity contribution in [2.45, 2.75) is 64.6 Å². The highest BCUT2D eigenvalue weighted by Crippen LogP contribution is 2.50. The van der Waals surface area contributed by atoms with Crippen LogP contribution in [-0.2, 0) is 9.63 Å². The molecule has 4 unspecified atom stereocenters. The SMILES string of the molecule is Cc1ccc(C(O)CCC2CC3=C(NOCCCC(=O)O)CC3C2O)c(C)c1. The van der Waals surface area contributed by atoms with Crippen molar-refractivity contribution in [2.24, 2.45) is 11.8 Å². The van der Waals surface area contributed by atoms with Crippen molar-refractivity contribution in [3.63, 3.8) is 0 Å². The standard InChI is InChI=1S/C22H31NO5/c1-13-5-7-16(14(2)10-13)20(24)8-6-15-11-17-18(22(15)27)12-19(17)23-28-9-3-4-21(25)26/h5,7,10,15,18,20,22-24,27H,3-4,6,8-9,11-12H2,1-2H3,(H,25,26). The summed E-state index contributed by atoms with van der Waals surface area (Å²) in [6, 6.07) is 6.11. The van der Waals surface area contributed by atoms with E-state index in [-0.39, 0.29) is 24.4 Å². The number of carbonyl (C=O) groups is 1. The molecule has 6 heteroatoms. The number of hydroxylamine groups is 1. The van der Waals surface area contributed by atoms with Gasteiger partial charge in [0.2, 0.25) is 0 Å². The van der Waals surface area contributed by atoms with Gasteiger partial charge in [-0.05, 0) is 68.6 Å². The molecule has 1 saturated carbocycles. The average Bonchev–Trinajstić information content (AvgIpc) is 2.86. The Bertz CT molecular complexity index is 744. The number of benzene rings is 1. The van der Waals surface area contributed by atoms with Gasteiger partial charge in [0.15, 0.2) is 0 Å². The van der Waals surface area contributed by atoms with Crippen LogP contribution in [0.1, 0.15) is 61.3 Å². The van der Waals surface area contributed by atoms with Crippen molar-refractivity contribution in [3.8, 4) is 0 Å². The fourth-order valence-corrected chi connectivity index (χ4v) is 4.44. The Balaban J connectivity index is 1.46. The van der Waals surface area contributed by atoms with Crippen LogP contribution in [0, 0.1) is 25.7 Å². The van der Waals surface area contributed by atoms with E-state index in [2.05, 4.69) is 11.5 Å². The van der Waals surface area contributed by atoms with Gasteiger partial charge in [0.25, 0.3) is 0 Å². The normalized spacial score (nSPS) is 24.6. The minimum atomic E-state index is -0.820. The molecule has 2 aliphatic rings. The molecule has 0 saturated heterocycles. The van der Waals surface area contributed by atoms with Gasteiger partial charge >= 0.3 is 5.97 Å². The van der Waals surface area contributed by atoms with Gasteiger partial charge in [-0.15, -0.1) is 0 Å². The average molecular weight is 389 g/mol. The molecule has 4 atom stereocenters. The zero-order valence-corrected chi connectivity index (χ0v) is 16.6. The zero-order valence-electron chi connectivity index (χ0n) is 16.6. The second-order valence-corrected chi connectivity index (χ2v) is 8.17. The third-order valence-electron chi connectivity index (χ3n) is 6.06. The monoisotopic (exact) mass is 389 g/mol. The van der Waals surface area contributed by atoms with Crippen LogP contribution in [0.25, 0.3) is 0 Å². The molecule has 4 N–H and O–H groups in total. The van der Waals surface area contributed by atoms with Crippen molar-refractivity contribution in [3.05, 3.63) is 46.2 Å². The number of fused-ring (bicyclic) bond motifs is 1.